The second-order valence-corrected chi connectivity index (χ2v) is 8.82. The van der Waals surface area contributed by atoms with Crippen LogP contribution in [0.5, 0.6) is 0 Å². The van der Waals surface area contributed by atoms with E-state index in [2.05, 4.69) is 0 Å². The molecule has 0 amide bonds. The second kappa shape index (κ2) is 7.07. The summed E-state index contributed by atoms with van der Waals surface area (Å²) in [6, 6.07) is 9.40. The quantitative estimate of drug-likeness (QED) is 0.758. The average Bonchev–Trinajstić information content (AvgIpc) is 2.38. The van der Waals surface area contributed by atoms with Crippen LogP contribution in [0.25, 0.3) is 0 Å². The van der Waals surface area contributed by atoms with Crippen molar-refractivity contribution in [3.8, 4) is 0 Å². The van der Waals surface area contributed by atoms with Crippen molar-refractivity contribution in [3.63, 3.8) is 0 Å². The van der Waals surface area contributed by atoms with Gasteiger partial charge in [-0.25, -0.2) is 8.42 Å². The van der Waals surface area contributed by atoms with E-state index in [0.29, 0.717) is 6.42 Å². The molecule has 1 atom stereocenters. The zero-order valence-corrected chi connectivity index (χ0v) is 13.9. The first kappa shape index (κ1) is 17.7. The number of sulfone groups is 1. The van der Waals surface area contributed by atoms with Crippen LogP contribution in [0, 0.1) is 5.92 Å². The molecule has 0 saturated carbocycles. The second-order valence-electron chi connectivity index (χ2n) is 6.03. The van der Waals surface area contributed by atoms with Gasteiger partial charge in [-0.3, -0.25) is 4.79 Å². The highest BCUT2D eigenvalue weighted by atomic mass is 32.2. The Labute approximate surface area is 127 Å². The van der Waals surface area contributed by atoms with E-state index in [1.165, 1.54) is 0 Å². The fraction of sp³-hybridized carbons (Fsp3) is 0.562. The summed E-state index contributed by atoms with van der Waals surface area (Å²) in [4.78, 5) is 12.1. The summed E-state index contributed by atoms with van der Waals surface area (Å²) in [6.07, 6.45) is 0.370. The lowest BCUT2D eigenvalue weighted by molar-refractivity contribution is -0.147. The van der Waals surface area contributed by atoms with E-state index in [0.717, 1.165) is 5.56 Å². The van der Waals surface area contributed by atoms with Gasteiger partial charge in [-0.1, -0.05) is 30.3 Å². The molecule has 0 saturated heterocycles. The maximum absolute atomic E-state index is 12.4. The van der Waals surface area contributed by atoms with E-state index >= 15 is 0 Å². The molecule has 0 spiro atoms. The Morgan fingerprint density at radius 2 is 1.76 bits per heavy atom. The van der Waals surface area contributed by atoms with Crippen LogP contribution < -0.4 is 0 Å². The molecule has 0 aliphatic heterocycles. The first-order chi connectivity index (χ1) is 9.67. The number of hydrogen-bond donors (Lipinski definition) is 0. The summed E-state index contributed by atoms with van der Waals surface area (Å²) >= 11 is 0. The molecule has 0 bridgehead atoms. The van der Waals surface area contributed by atoms with E-state index in [4.69, 9.17) is 4.74 Å². The zero-order valence-electron chi connectivity index (χ0n) is 13.1. The first-order valence-electron chi connectivity index (χ1n) is 7.10. The highest BCUT2D eigenvalue weighted by Crippen LogP contribution is 2.21. The Balaban J connectivity index is 2.96. The van der Waals surface area contributed by atoms with E-state index in [-0.39, 0.29) is 12.4 Å². The highest BCUT2D eigenvalue weighted by Gasteiger charge is 2.34. The first-order valence-corrected chi connectivity index (χ1v) is 8.75. The van der Waals surface area contributed by atoms with Gasteiger partial charge >= 0.3 is 5.97 Å². The molecule has 0 unspecified atom stereocenters. The number of benzene rings is 1. The summed E-state index contributed by atoms with van der Waals surface area (Å²) in [7, 11) is -3.38. The van der Waals surface area contributed by atoms with Crippen molar-refractivity contribution in [3.05, 3.63) is 35.9 Å². The predicted molar refractivity (Wildman–Crippen MR) is 83.8 cm³/mol. The molecule has 1 rings (SSSR count). The third kappa shape index (κ3) is 5.16. The zero-order chi connectivity index (χ0) is 16.1. The highest BCUT2D eigenvalue weighted by molar-refractivity contribution is 7.92. The molecule has 0 N–H and O–H groups in total. The van der Waals surface area contributed by atoms with E-state index in [1.807, 2.05) is 30.3 Å². The molecule has 1 aromatic rings. The van der Waals surface area contributed by atoms with E-state index < -0.39 is 26.5 Å². The number of carbonyl (C=O) groups is 1. The number of carbonyl (C=O) groups excluding carboxylic acids is 1. The molecule has 0 aromatic heterocycles. The van der Waals surface area contributed by atoms with Crippen LogP contribution in [-0.2, 0) is 25.8 Å². The van der Waals surface area contributed by atoms with Crippen LogP contribution in [0.3, 0.4) is 0 Å². The van der Waals surface area contributed by atoms with Crippen LogP contribution in [0.2, 0.25) is 0 Å². The van der Waals surface area contributed by atoms with Crippen LogP contribution in [0.1, 0.15) is 33.3 Å². The van der Waals surface area contributed by atoms with Gasteiger partial charge in [0.15, 0.2) is 9.84 Å². The molecule has 21 heavy (non-hydrogen) atoms. The Kier molecular flexibility index (Phi) is 5.96. The Bertz CT molecular complexity index is 556. The molecule has 0 radical (unpaired) electrons. The van der Waals surface area contributed by atoms with Gasteiger partial charge in [-0.05, 0) is 39.7 Å². The van der Waals surface area contributed by atoms with Crippen LogP contribution in [-0.4, -0.2) is 31.5 Å². The molecule has 0 aliphatic rings. The third-order valence-corrected chi connectivity index (χ3v) is 6.01. The monoisotopic (exact) mass is 312 g/mol. The molecule has 0 aliphatic carbocycles. The van der Waals surface area contributed by atoms with Gasteiger partial charge in [0.25, 0.3) is 0 Å². The molecule has 1 aromatic carbocycles. The molecular weight excluding hydrogens is 288 g/mol. The summed E-state index contributed by atoms with van der Waals surface area (Å²) in [6.45, 7) is 6.91. The summed E-state index contributed by atoms with van der Waals surface area (Å²) in [5.74, 6) is -1.31. The minimum Gasteiger partial charge on any atom is -0.466 e. The van der Waals surface area contributed by atoms with Gasteiger partial charge in [-0.15, -0.1) is 0 Å². The van der Waals surface area contributed by atoms with E-state index in [9.17, 15) is 13.2 Å². The number of esters is 1. The van der Waals surface area contributed by atoms with Gasteiger partial charge < -0.3 is 4.74 Å². The SMILES string of the molecule is CCOC(=O)[C@H](Cc1ccccc1)CS(=O)(=O)C(C)(C)C. The van der Waals surface area contributed by atoms with Crippen molar-refractivity contribution in [2.45, 2.75) is 38.9 Å². The van der Waals surface area contributed by atoms with Gasteiger partial charge in [0.1, 0.15) is 0 Å². The lowest BCUT2D eigenvalue weighted by Gasteiger charge is -2.23. The Hall–Kier alpha value is -1.36. The number of rotatable bonds is 6. The average molecular weight is 312 g/mol. The maximum atomic E-state index is 12.4. The minimum absolute atomic E-state index is 0.190. The molecule has 0 fully saturated rings. The fourth-order valence-corrected chi connectivity index (χ4v) is 3.17. The largest absolute Gasteiger partial charge is 0.466 e. The van der Waals surface area contributed by atoms with Crippen molar-refractivity contribution in [2.75, 3.05) is 12.4 Å². The van der Waals surface area contributed by atoms with Crippen molar-refractivity contribution in [1.29, 1.82) is 0 Å². The topological polar surface area (TPSA) is 60.4 Å². The fourth-order valence-electron chi connectivity index (χ4n) is 1.88. The van der Waals surface area contributed by atoms with Crippen molar-refractivity contribution in [1.82, 2.24) is 0 Å². The number of hydrogen-bond acceptors (Lipinski definition) is 4. The Morgan fingerprint density at radius 1 is 1.19 bits per heavy atom. The molecule has 118 valence electrons. The van der Waals surface area contributed by atoms with Crippen LogP contribution in [0.15, 0.2) is 30.3 Å². The number of ether oxygens (including phenoxy) is 1. The minimum atomic E-state index is -3.38. The smallest absolute Gasteiger partial charge is 0.310 e. The van der Waals surface area contributed by atoms with Crippen molar-refractivity contribution >= 4 is 15.8 Å². The summed E-state index contributed by atoms with van der Waals surface area (Å²) < 4.78 is 28.9. The predicted octanol–water partition coefficient (Wildman–Crippen LogP) is 2.62. The standard InChI is InChI=1S/C16H24O4S/c1-5-20-15(17)14(11-13-9-7-6-8-10-13)12-21(18,19)16(2,3)4/h6-10,14H,5,11-12H2,1-4H3/t14-/m1/s1. The van der Waals surface area contributed by atoms with Gasteiger partial charge in [-0.2, -0.15) is 0 Å². The summed E-state index contributed by atoms with van der Waals surface area (Å²) in [5.41, 5.74) is 0.930. The summed E-state index contributed by atoms with van der Waals surface area (Å²) in [5, 5.41) is 0. The van der Waals surface area contributed by atoms with E-state index in [1.54, 1.807) is 27.7 Å². The van der Waals surface area contributed by atoms with Crippen molar-refractivity contribution < 1.29 is 17.9 Å². The molecular formula is C16H24O4S. The third-order valence-electron chi connectivity index (χ3n) is 3.30. The van der Waals surface area contributed by atoms with Crippen molar-refractivity contribution in [2.24, 2.45) is 5.92 Å². The Morgan fingerprint density at radius 3 is 2.24 bits per heavy atom. The molecule has 4 nitrogen and oxygen atoms in total. The molecule has 5 heteroatoms. The molecule has 0 heterocycles. The lowest BCUT2D eigenvalue weighted by Crippen LogP contribution is -2.37. The van der Waals surface area contributed by atoms with Gasteiger partial charge in [0, 0.05) is 0 Å². The van der Waals surface area contributed by atoms with Crippen LogP contribution in [0.4, 0.5) is 0 Å². The maximum Gasteiger partial charge on any atom is 0.310 e. The van der Waals surface area contributed by atoms with Gasteiger partial charge in [0.2, 0.25) is 0 Å². The lowest BCUT2D eigenvalue weighted by atomic mass is 10.0. The normalized spacial score (nSPS) is 13.7. The van der Waals surface area contributed by atoms with Gasteiger partial charge in [0.05, 0.1) is 23.0 Å². The van der Waals surface area contributed by atoms with Crippen LogP contribution >= 0.6 is 0 Å².